The van der Waals surface area contributed by atoms with Gasteiger partial charge in [0.15, 0.2) is 0 Å². The van der Waals surface area contributed by atoms with Crippen LogP contribution < -0.4 is 10.1 Å². The van der Waals surface area contributed by atoms with Crippen molar-refractivity contribution in [1.29, 1.82) is 0 Å². The summed E-state index contributed by atoms with van der Waals surface area (Å²) < 4.78 is 11.2. The standard InChI is InChI=1S/C23H29N5O2S/c1-2-30-22-16(6-5-9-24-22)14-25-21-20-17-7-3-4-8-18(17)31-23(20)27-19(26-21)15-28-10-12-29-13-11-28/h5-6,9H,2-4,7-8,10-15H2,1H3,(H,25,26,27). The van der Waals surface area contributed by atoms with Crippen molar-refractivity contribution < 1.29 is 9.47 Å². The highest BCUT2D eigenvalue weighted by molar-refractivity contribution is 7.19. The number of nitrogens with zero attached hydrogens (tertiary/aromatic N) is 4. The average Bonchev–Trinajstić information content (AvgIpc) is 3.18. The minimum absolute atomic E-state index is 0.601. The van der Waals surface area contributed by atoms with Crippen molar-refractivity contribution >= 4 is 27.4 Å². The largest absolute Gasteiger partial charge is 0.478 e. The number of pyridine rings is 1. The predicted molar refractivity (Wildman–Crippen MR) is 123 cm³/mol. The van der Waals surface area contributed by atoms with E-state index in [2.05, 4.69) is 21.3 Å². The van der Waals surface area contributed by atoms with E-state index in [4.69, 9.17) is 19.4 Å². The van der Waals surface area contributed by atoms with Crippen LogP contribution in [-0.4, -0.2) is 52.8 Å². The Kier molecular flexibility index (Phi) is 6.29. The molecule has 1 saturated heterocycles. The Labute approximate surface area is 186 Å². The third-order valence-corrected chi connectivity index (χ3v) is 7.09. The summed E-state index contributed by atoms with van der Waals surface area (Å²) in [7, 11) is 0. The molecule has 0 aromatic carbocycles. The van der Waals surface area contributed by atoms with E-state index in [0.29, 0.717) is 19.0 Å². The lowest BCUT2D eigenvalue weighted by Gasteiger charge is -2.25. The highest BCUT2D eigenvalue weighted by Crippen LogP contribution is 2.39. The smallest absolute Gasteiger partial charge is 0.218 e. The van der Waals surface area contributed by atoms with Crippen LogP contribution in [0, 0.1) is 0 Å². The molecule has 0 spiro atoms. The van der Waals surface area contributed by atoms with Crippen molar-refractivity contribution in [2.24, 2.45) is 0 Å². The third-order valence-electron chi connectivity index (χ3n) is 5.91. The van der Waals surface area contributed by atoms with Gasteiger partial charge in [0.25, 0.3) is 0 Å². The molecule has 0 unspecified atom stereocenters. The summed E-state index contributed by atoms with van der Waals surface area (Å²) in [6, 6.07) is 4.01. The molecule has 5 rings (SSSR count). The first-order valence-corrected chi connectivity index (χ1v) is 12.1. The first-order chi connectivity index (χ1) is 15.3. The van der Waals surface area contributed by atoms with E-state index in [1.807, 2.05) is 24.3 Å². The number of aryl methyl sites for hydroxylation is 2. The molecule has 0 atom stereocenters. The summed E-state index contributed by atoms with van der Waals surface area (Å²) in [6.07, 6.45) is 6.56. The summed E-state index contributed by atoms with van der Waals surface area (Å²) in [5.74, 6) is 2.51. The van der Waals surface area contributed by atoms with Crippen molar-refractivity contribution in [3.05, 3.63) is 40.2 Å². The number of hydrogen-bond acceptors (Lipinski definition) is 8. The molecule has 1 aliphatic heterocycles. The number of anilines is 1. The van der Waals surface area contributed by atoms with Gasteiger partial charge in [-0.1, -0.05) is 6.07 Å². The van der Waals surface area contributed by atoms with Gasteiger partial charge in [0.2, 0.25) is 5.88 Å². The van der Waals surface area contributed by atoms with Gasteiger partial charge in [-0.25, -0.2) is 15.0 Å². The maximum atomic E-state index is 5.71. The number of rotatable bonds is 7. The molecule has 0 bridgehead atoms. The maximum absolute atomic E-state index is 5.71. The third kappa shape index (κ3) is 4.51. The lowest BCUT2D eigenvalue weighted by atomic mass is 9.97. The zero-order chi connectivity index (χ0) is 21.0. The van der Waals surface area contributed by atoms with E-state index in [1.165, 1.54) is 28.7 Å². The van der Waals surface area contributed by atoms with Crippen molar-refractivity contribution in [3.8, 4) is 5.88 Å². The molecule has 4 heterocycles. The number of morpholine rings is 1. The van der Waals surface area contributed by atoms with Gasteiger partial charge in [-0.2, -0.15) is 0 Å². The van der Waals surface area contributed by atoms with Gasteiger partial charge >= 0.3 is 0 Å². The van der Waals surface area contributed by atoms with Crippen LogP contribution in [0.25, 0.3) is 10.2 Å². The molecule has 1 fully saturated rings. The first-order valence-electron chi connectivity index (χ1n) is 11.2. The SMILES string of the molecule is CCOc1ncccc1CNc1nc(CN2CCOCC2)nc2sc3c(c12)CCCC3. The van der Waals surface area contributed by atoms with Crippen molar-refractivity contribution in [1.82, 2.24) is 19.9 Å². The monoisotopic (exact) mass is 439 g/mol. The zero-order valence-corrected chi connectivity index (χ0v) is 18.8. The summed E-state index contributed by atoms with van der Waals surface area (Å²) in [6.45, 7) is 7.38. The Morgan fingerprint density at radius 2 is 2.06 bits per heavy atom. The van der Waals surface area contributed by atoms with Crippen molar-refractivity contribution in [2.45, 2.75) is 45.7 Å². The zero-order valence-electron chi connectivity index (χ0n) is 18.0. The molecular weight excluding hydrogens is 410 g/mol. The van der Waals surface area contributed by atoms with Gasteiger partial charge in [-0.05, 0) is 44.2 Å². The quantitative estimate of drug-likeness (QED) is 0.600. The molecule has 1 N–H and O–H groups in total. The van der Waals surface area contributed by atoms with Gasteiger partial charge in [0, 0.05) is 36.3 Å². The number of nitrogens with one attached hydrogen (secondary N) is 1. The van der Waals surface area contributed by atoms with Gasteiger partial charge in [0.1, 0.15) is 16.5 Å². The first kappa shape index (κ1) is 20.6. The van der Waals surface area contributed by atoms with Crippen LogP contribution in [0.3, 0.4) is 0 Å². The molecule has 2 aliphatic rings. The van der Waals surface area contributed by atoms with Crippen LogP contribution in [0.1, 0.15) is 41.6 Å². The molecule has 1 aliphatic carbocycles. The molecule has 0 amide bonds. The summed E-state index contributed by atoms with van der Waals surface area (Å²) in [4.78, 5) is 19.3. The molecule has 7 nitrogen and oxygen atoms in total. The molecule has 31 heavy (non-hydrogen) atoms. The topological polar surface area (TPSA) is 72.4 Å². The highest BCUT2D eigenvalue weighted by Gasteiger charge is 2.22. The van der Waals surface area contributed by atoms with Crippen LogP contribution in [0.5, 0.6) is 5.88 Å². The predicted octanol–water partition coefficient (Wildman–Crippen LogP) is 3.81. The van der Waals surface area contributed by atoms with Gasteiger partial charge in [-0.3, -0.25) is 4.90 Å². The van der Waals surface area contributed by atoms with Crippen LogP contribution in [0.4, 0.5) is 5.82 Å². The second kappa shape index (κ2) is 9.46. The van der Waals surface area contributed by atoms with Gasteiger partial charge in [-0.15, -0.1) is 11.3 Å². The molecule has 164 valence electrons. The highest BCUT2D eigenvalue weighted by atomic mass is 32.1. The fraction of sp³-hybridized carbons (Fsp3) is 0.522. The fourth-order valence-electron chi connectivity index (χ4n) is 4.36. The molecule has 3 aromatic rings. The molecular formula is C23H29N5O2S. The van der Waals surface area contributed by atoms with Crippen molar-refractivity contribution in [2.75, 3.05) is 38.2 Å². The lowest BCUT2D eigenvalue weighted by Crippen LogP contribution is -2.36. The molecule has 3 aromatic heterocycles. The van der Waals surface area contributed by atoms with Gasteiger partial charge < -0.3 is 14.8 Å². The van der Waals surface area contributed by atoms with E-state index in [1.54, 1.807) is 6.20 Å². The lowest BCUT2D eigenvalue weighted by molar-refractivity contribution is 0.0331. The second-order valence-electron chi connectivity index (χ2n) is 8.02. The minimum Gasteiger partial charge on any atom is -0.478 e. The Morgan fingerprint density at radius 1 is 1.19 bits per heavy atom. The Morgan fingerprint density at radius 3 is 2.94 bits per heavy atom. The van der Waals surface area contributed by atoms with Crippen LogP contribution >= 0.6 is 11.3 Å². The molecule has 8 heteroatoms. The molecule has 0 saturated carbocycles. The summed E-state index contributed by atoms with van der Waals surface area (Å²) in [5, 5.41) is 4.82. The maximum Gasteiger partial charge on any atom is 0.218 e. The number of thiophene rings is 1. The number of ether oxygens (including phenoxy) is 2. The Bertz CT molecular complexity index is 1050. The minimum atomic E-state index is 0.601. The van der Waals surface area contributed by atoms with Crippen LogP contribution in [-0.2, 0) is 30.7 Å². The summed E-state index contributed by atoms with van der Waals surface area (Å²) >= 11 is 1.85. The second-order valence-corrected chi connectivity index (χ2v) is 9.11. The average molecular weight is 440 g/mol. The normalized spacial score (nSPS) is 16.9. The van der Waals surface area contributed by atoms with Crippen LogP contribution in [0.15, 0.2) is 18.3 Å². The number of hydrogen-bond donors (Lipinski definition) is 1. The van der Waals surface area contributed by atoms with E-state index in [-0.39, 0.29) is 0 Å². The fourth-order valence-corrected chi connectivity index (χ4v) is 5.64. The molecule has 0 radical (unpaired) electrons. The Balaban J connectivity index is 1.47. The van der Waals surface area contributed by atoms with Crippen LogP contribution in [0.2, 0.25) is 0 Å². The Hall–Kier alpha value is -2.29. The number of fused-ring (bicyclic) bond motifs is 3. The van der Waals surface area contributed by atoms with E-state index in [0.717, 1.165) is 67.7 Å². The summed E-state index contributed by atoms with van der Waals surface area (Å²) in [5.41, 5.74) is 2.48. The van der Waals surface area contributed by atoms with E-state index >= 15 is 0 Å². The van der Waals surface area contributed by atoms with E-state index < -0.39 is 0 Å². The van der Waals surface area contributed by atoms with Gasteiger partial charge in [0.05, 0.1) is 31.8 Å². The van der Waals surface area contributed by atoms with E-state index in [9.17, 15) is 0 Å². The van der Waals surface area contributed by atoms with Crippen molar-refractivity contribution in [3.63, 3.8) is 0 Å². The number of aromatic nitrogens is 3.